The van der Waals surface area contributed by atoms with Crippen molar-refractivity contribution < 1.29 is 18.3 Å². The summed E-state index contributed by atoms with van der Waals surface area (Å²) in [7, 11) is 1.50. The second-order valence-corrected chi connectivity index (χ2v) is 4.39. The molecule has 0 unspecified atom stereocenters. The van der Waals surface area contributed by atoms with Crippen LogP contribution in [0.2, 0.25) is 5.02 Å². The molecule has 0 atom stereocenters. The molecule has 2 rings (SSSR count). The minimum Gasteiger partial charge on any atom is -0.383 e. The third-order valence-corrected chi connectivity index (χ3v) is 2.99. The Bertz CT molecular complexity index is 643. The number of aromatic nitrogens is 2. The Kier molecular flexibility index (Phi) is 4.46. The monoisotopic (exact) mass is 300 g/mol. The van der Waals surface area contributed by atoms with E-state index in [1.165, 1.54) is 30.1 Å². The van der Waals surface area contributed by atoms with Crippen LogP contribution in [0.4, 0.5) is 8.78 Å². The molecule has 0 saturated carbocycles. The predicted molar refractivity (Wildman–Crippen MR) is 68.9 cm³/mol. The van der Waals surface area contributed by atoms with E-state index in [1.54, 1.807) is 0 Å². The molecule has 4 nitrogen and oxygen atoms in total. The van der Waals surface area contributed by atoms with Crippen LogP contribution >= 0.6 is 11.6 Å². The third-order valence-electron chi connectivity index (χ3n) is 2.71. The van der Waals surface area contributed by atoms with E-state index >= 15 is 0 Å². The molecule has 0 saturated heterocycles. The minimum absolute atomic E-state index is 0.00761. The largest absolute Gasteiger partial charge is 0.383 e. The van der Waals surface area contributed by atoms with Crippen LogP contribution in [0.3, 0.4) is 0 Å². The van der Waals surface area contributed by atoms with E-state index in [9.17, 15) is 13.6 Å². The summed E-state index contributed by atoms with van der Waals surface area (Å²) >= 11 is 5.90. The fourth-order valence-electron chi connectivity index (χ4n) is 1.74. The first-order chi connectivity index (χ1) is 9.56. The second kappa shape index (κ2) is 6.11. The number of benzene rings is 1. The van der Waals surface area contributed by atoms with Gasteiger partial charge in [0.2, 0.25) is 5.78 Å². The maximum Gasteiger partial charge on any atom is 0.215 e. The molecule has 7 heteroatoms. The van der Waals surface area contributed by atoms with Crippen molar-refractivity contribution in [3.05, 3.63) is 52.3 Å². The van der Waals surface area contributed by atoms with Gasteiger partial charge in [-0.1, -0.05) is 17.7 Å². The van der Waals surface area contributed by atoms with Crippen LogP contribution < -0.4 is 0 Å². The zero-order valence-corrected chi connectivity index (χ0v) is 11.3. The van der Waals surface area contributed by atoms with Gasteiger partial charge in [-0.2, -0.15) is 5.10 Å². The summed E-state index contributed by atoms with van der Waals surface area (Å²) < 4.78 is 33.0. The van der Waals surface area contributed by atoms with Crippen LogP contribution in [0.5, 0.6) is 0 Å². The summed E-state index contributed by atoms with van der Waals surface area (Å²) in [6, 6.07) is 3.40. The van der Waals surface area contributed by atoms with Crippen molar-refractivity contribution in [1.82, 2.24) is 9.78 Å². The van der Waals surface area contributed by atoms with Gasteiger partial charge >= 0.3 is 0 Å². The summed E-state index contributed by atoms with van der Waals surface area (Å²) in [4.78, 5) is 12.3. The number of nitrogens with zero attached hydrogens (tertiary/aromatic N) is 2. The molecule has 0 spiro atoms. The highest BCUT2D eigenvalue weighted by Crippen LogP contribution is 2.21. The number of carbonyl (C=O) groups is 1. The van der Waals surface area contributed by atoms with Gasteiger partial charge in [-0.05, 0) is 12.1 Å². The van der Waals surface area contributed by atoms with Crippen molar-refractivity contribution in [2.45, 2.75) is 6.54 Å². The molecule has 20 heavy (non-hydrogen) atoms. The molecule has 0 radical (unpaired) electrons. The lowest BCUT2D eigenvalue weighted by atomic mass is 10.1. The van der Waals surface area contributed by atoms with Gasteiger partial charge in [-0.15, -0.1) is 0 Å². The van der Waals surface area contributed by atoms with Gasteiger partial charge in [0.25, 0.3) is 0 Å². The maximum absolute atomic E-state index is 13.7. The van der Waals surface area contributed by atoms with Crippen molar-refractivity contribution in [2.75, 3.05) is 13.7 Å². The van der Waals surface area contributed by atoms with Crippen molar-refractivity contribution in [3.8, 4) is 0 Å². The van der Waals surface area contributed by atoms with Gasteiger partial charge < -0.3 is 4.74 Å². The van der Waals surface area contributed by atoms with Crippen LogP contribution in [0.15, 0.2) is 24.4 Å². The summed E-state index contributed by atoms with van der Waals surface area (Å²) in [6.45, 7) is 0.588. The van der Waals surface area contributed by atoms with E-state index < -0.39 is 17.4 Å². The maximum atomic E-state index is 13.7. The van der Waals surface area contributed by atoms with Crippen LogP contribution in [-0.4, -0.2) is 29.3 Å². The number of rotatable bonds is 5. The van der Waals surface area contributed by atoms with Gasteiger partial charge in [0.05, 0.1) is 29.9 Å². The number of hydrogen-bond donors (Lipinski definition) is 0. The molecule has 0 bridgehead atoms. The van der Waals surface area contributed by atoms with E-state index in [-0.39, 0.29) is 22.8 Å². The molecule has 0 aliphatic rings. The molecule has 0 aliphatic heterocycles. The number of methoxy groups -OCH3 is 1. The second-order valence-electron chi connectivity index (χ2n) is 3.99. The Hall–Kier alpha value is -1.79. The lowest BCUT2D eigenvalue weighted by molar-refractivity contribution is 0.102. The Morgan fingerprint density at radius 1 is 1.45 bits per heavy atom. The number of halogens is 3. The average molecular weight is 301 g/mol. The van der Waals surface area contributed by atoms with E-state index in [1.807, 2.05) is 0 Å². The highest BCUT2D eigenvalue weighted by molar-refractivity contribution is 6.34. The number of ether oxygens (including phenoxy) is 1. The van der Waals surface area contributed by atoms with Crippen molar-refractivity contribution >= 4 is 17.4 Å². The zero-order chi connectivity index (χ0) is 14.7. The lowest BCUT2D eigenvalue weighted by Crippen LogP contribution is -2.16. The highest BCUT2D eigenvalue weighted by Gasteiger charge is 2.23. The van der Waals surface area contributed by atoms with E-state index in [4.69, 9.17) is 16.3 Å². The van der Waals surface area contributed by atoms with E-state index in [2.05, 4.69) is 5.10 Å². The Labute approximate surface area is 118 Å². The van der Waals surface area contributed by atoms with Crippen LogP contribution in [0.1, 0.15) is 16.1 Å². The van der Waals surface area contributed by atoms with E-state index in [0.717, 1.165) is 6.07 Å². The van der Waals surface area contributed by atoms with Crippen LogP contribution in [0, 0.1) is 11.6 Å². The first-order valence-corrected chi connectivity index (χ1v) is 6.13. The fourth-order valence-corrected chi connectivity index (χ4v) is 1.97. The number of hydrogen-bond acceptors (Lipinski definition) is 3. The minimum atomic E-state index is -1.20. The molecule has 2 aromatic rings. The Morgan fingerprint density at radius 2 is 2.20 bits per heavy atom. The molecule has 1 aromatic heterocycles. The van der Waals surface area contributed by atoms with Gasteiger partial charge in [-0.3, -0.25) is 9.48 Å². The zero-order valence-electron chi connectivity index (χ0n) is 10.6. The first-order valence-electron chi connectivity index (χ1n) is 5.75. The fraction of sp³-hybridized carbons (Fsp3) is 0.231. The quantitative estimate of drug-likeness (QED) is 0.798. The summed E-state index contributed by atoms with van der Waals surface area (Å²) in [5.74, 6) is -3.01. The highest BCUT2D eigenvalue weighted by atomic mass is 35.5. The Balaban J connectivity index is 2.43. The summed E-state index contributed by atoms with van der Waals surface area (Å²) in [5, 5.41) is 4.00. The first kappa shape index (κ1) is 14.6. The van der Waals surface area contributed by atoms with Crippen LogP contribution in [0.25, 0.3) is 0 Å². The molecule has 0 aliphatic carbocycles. The number of carbonyl (C=O) groups excluding carboxylic acids is 1. The van der Waals surface area contributed by atoms with Crippen LogP contribution in [-0.2, 0) is 11.3 Å². The van der Waals surface area contributed by atoms with Gasteiger partial charge in [0.1, 0.15) is 5.69 Å². The average Bonchev–Trinajstić information content (AvgIpc) is 2.80. The third kappa shape index (κ3) is 2.71. The van der Waals surface area contributed by atoms with Crippen molar-refractivity contribution in [3.63, 3.8) is 0 Å². The lowest BCUT2D eigenvalue weighted by Gasteiger charge is -2.07. The SMILES string of the molecule is COCCn1ncc(Cl)c1C(=O)c1cccc(F)c1F. The molecule has 0 N–H and O–H groups in total. The molecule has 1 heterocycles. The van der Waals surface area contributed by atoms with Gasteiger partial charge in [0, 0.05) is 7.11 Å². The standard InChI is InChI=1S/C13H11ClF2N2O2/c1-20-6-5-18-12(9(14)7-17-18)13(19)8-3-2-4-10(15)11(8)16/h2-4,7H,5-6H2,1H3. The molecule has 106 valence electrons. The summed E-state index contributed by atoms with van der Waals surface area (Å²) in [5.41, 5.74) is -0.376. The molecule has 1 aromatic carbocycles. The van der Waals surface area contributed by atoms with E-state index in [0.29, 0.717) is 6.61 Å². The Morgan fingerprint density at radius 3 is 2.90 bits per heavy atom. The molecular weight excluding hydrogens is 290 g/mol. The topological polar surface area (TPSA) is 44.1 Å². The molecule has 0 fully saturated rings. The van der Waals surface area contributed by atoms with Gasteiger partial charge in [-0.25, -0.2) is 8.78 Å². The summed E-state index contributed by atoms with van der Waals surface area (Å²) in [6.07, 6.45) is 1.28. The van der Waals surface area contributed by atoms with Crippen molar-refractivity contribution in [1.29, 1.82) is 0 Å². The molecular formula is C13H11ClF2N2O2. The normalized spacial score (nSPS) is 10.8. The number of ketones is 1. The van der Waals surface area contributed by atoms with Gasteiger partial charge in [0.15, 0.2) is 11.6 Å². The predicted octanol–water partition coefficient (Wildman–Crippen LogP) is 2.69. The molecule has 0 amide bonds. The van der Waals surface area contributed by atoms with Crippen molar-refractivity contribution in [2.24, 2.45) is 0 Å². The smallest absolute Gasteiger partial charge is 0.215 e.